The lowest BCUT2D eigenvalue weighted by Crippen LogP contribution is -2.48. The lowest BCUT2D eigenvalue weighted by atomic mass is 9.83. The first kappa shape index (κ1) is 15.9. The number of piperidine rings is 1. The van der Waals surface area contributed by atoms with Crippen molar-refractivity contribution in [2.75, 3.05) is 18.0 Å². The fraction of sp³-hybridized carbons (Fsp3) is 0.500. The zero-order chi connectivity index (χ0) is 17.1. The number of amides is 1. The van der Waals surface area contributed by atoms with Crippen molar-refractivity contribution in [3.8, 4) is 0 Å². The fourth-order valence-electron chi connectivity index (χ4n) is 3.45. The van der Waals surface area contributed by atoms with Gasteiger partial charge in [0.2, 0.25) is 0 Å². The highest BCUT2D eigenvalue weighted by molar-refractivity contribution is 5.92. The number of anilines is 1. The molecular weight excluding hydrogens is 316 g/mol. The molecule has 2 fully saturated rings. The second kappa shape index (κ2) is 7.13. The van der Waals surface area contributed by atoms with E-state index in [4.69, 9.17) is 0 Å². The fourth-order valence-corrected chi connectivity index (χ4v) is 3.45. The highest BCUT2D eigenvalue weighted by atomic mass is 16.1. The summed E-state index contributed by atoms with van der Waals surface area (Å²) < 4.78 is 0. The highest BCUT2D eigenvalue weighted by Gasteiger charge is 2.25. The lowest BCUT2D eigenvalue weighted by molar-refractivity contribution is 0.0928. The van der Waals surface area contributed by atoms with E-state index in [1.54, 1.807) is 18.6 Å². The van der Waals surface area contributed by atoms with Crippen LogP contribution in [0.1, 0.15) is 54.2 Å². The van der Waals surface area contributed by atoms with Crippen molar-refractivity contribution in [3.63, 3.8) is 0 Å². The molecule has 1 atom stereocenters. The van der Waals surface area contributed by atoms with E-state index >= 15 is 0 Å². The Labute approximate surface area is 146 Å². The Balaban J connectivity index is 1.41. The summed E-state index contributed by atoms with van der Waals surface area (Å²) in [4.78, 5) is 31.3. The largest absolute Gasteiger partial charge is 0.354 e. The summed E-state index contributed by atoms with van der Waals surface area (Å²) in [5.41, 5.74) is 1.56. The van der Waals surface area contributed by atoms with Crippen molar-refractivity contribution in [2.24, 2.45) is 0 Å². The van der Waals surface area contributed by atoms with Crippen LogP contribution in [-0.2, 0) is 0 Å². The molecular formula is C18H22N6O. The van der Waals surface area contributed by atoms with Gasteiger partial charge in [0.15, 0.2) is 0 Å². The molecule has 0 radical (unpaired) electrons. The molecule has 1 aliphatic carbocycles. The van der Waals surface area contributed by atoms with E-state index in [1.165, 1.54) is 25.6 Å². The molecule has 2 aromatic heterocycles. The first-order valence-electron chi connectivity index (χ1n) is 8.93. The van der Waals surface area contributed by atoms with Crippen LogP contribution in [0.15, 0.2) is 31.0 Å². The number of hydrogen-bond donors (Lipinski definition) is 1. The topological polar surface area (TPSA) is 83.9 Å². The first-order chi connectivity index (χ1) is 12.3. The van der Waals surface area contributed by atoms with Crippen LogP contribution in [0.5, 0.6) is 0 Å². The van der Waals surface area contributed by atoms with Crippen LogP contribution < -0.4 is 10.2 Å². The van der Waals surface area contributed by atoms with E-state index in [9.17, 15) is 4.79 Å². The quantitative estimate of drug-likeness (QED) is 0.917. The van der Waals surface area contributed by atoms with Gasteiger partial charge in [-0.3, -0.25) is 4.79 Å². The monoisotopic (exact) mass is 338 g/mol. The summed E-state index contributed by atoms with van der Waals surface area (Å²) >= 11 is 0. The molecule has 3 heterocycles. The first-order valence-corrected chi connectivity index (χ1v) is 8.93. The Morgan fingerprint density at radius 1 is 1.12 bits per heavy atom. The van der Waals surface area contributed by atoms with Crippen LogP contribution in [0.3, 0.4) is 0 Å². The Hall–Kier alpha value is -2.57. The zero-order valence-electron chi connectivity index (χ0n) is 14.1. The Morgan fingerprint density at radius 3 is 2.80 bits per heavy atom. The summed E-state index contributed by atoms with van der Waals surface area (Å²) in [6.45, 7) is 1.72. The van der Waals surface area contributed by atoms with E-state index in [2.05, 4.69) is 36.2 Å². The molecule has 7 heteroatoms. The lowest BCUT2D eigenvalue weighted by Gasteiger charge is -2.34. The van der Waals surface area contributed by atoms with Crippen LogP contribution in [0.25, 0.3) is 0 Å². The maximum atomic E-state index is 12.3. The molecule has 7 nitrogen and oxygen atoms in total. The van der Waals surface area contributed by atoms with E-state index in [0.29, 0.717) is 11.6 Å². The minimum Gasteiger partial charge on any atom is -0.354 e. The number of aromatic nitrogens is 4. The van der Waals surface area contributed by atoms with Crippen molar-refractivity contribution in [3.05, 3.63) is 42.4 Å². The highest BCUT2D eigenvalue weighted by Crippen LogP contribution is 2.36. The van der Waals surface area contributed by atoms with Gasteiger partial charge in [-0.2, -0.15) is 0 Å². The van der Waals surface area contributed by atoms with Gasteiger partial charge in [-0.15, -0.1) is 0 Å². The molecule has 2 aromatic rings. The number of rotatable bonds is 4. The van der Waals surface area contributed by atoms with Crippen molar-refractivity contribution in [2.45, 2.75) is 44.1 Å². The van der Waals surface area contributed by atoms with Crippen LogP contribution in [0, 0.1) is 0 Å². The van der Waals surface area contributed by atoms with Crippen molar-refractivity contribution in [1.29, 1.82) is 0 Å². The van der Waals surface area contributed by atoms with Gasteiger partial charge in [-0.25, -0.2) is 19.9 Å². The van der Waals surface area contributed by atoms with E-state index in [1.807, 2.05) is 0 Å². The van der Waals surface area contributed by atoms with Crippen molar-refractivity contribution in [1.82, 2.24) is 25.3 Å². The Bertz CT molecular complexity index is 733. The third-order valence-corrected chi connectivity index (χ3v) is 5.09. The van der Waals surface area contributed by atoms with Gasteiger partial charge in [0.1, 0.15) is 24.2 Å². The van der Waals surface area contributed by atoms with Crippen molar-refractivity contribution >= 4 is 11.7 Å². The minimum atomic E-state index is -0.146. The molecule has 4 rings (SSSR count). The molecule has 1 saturated heterocycles. The van der Waals surface area contributed by atoms with Gasteiger partial charge in [0.05, 0.1) is 0 Å². The average Bonchev–Trinajstić information content (AvgIpc) is 2.61. The van der Waals surface area contributed by atoms with Crippen LogP contribution in [0.2, 0.25) is 0 Å². The minimum absolute atomic E-state index is 0.0957. The summed E-state index contributed by atoms with van der Waals surface area (Å²) in [7, 11) is 0. The molecule has 1 saturated carbocycles. The number of nitrogens with one attached hydrogen (secondary N) is 1. The molecule has 0 spiro atoms. The van der Waals surface area contributed by atoms with E-state index in [-0.39, 0.29) is 11.9 Å². The molecule has 0 aromatic carbocycles. The standard InChI is InChI=1S/C18H22N6O/c25-18(15-6-7-19-11-20-15)23-14-5-2-8-24(10-14)17-9-16(21-12-22-17)13-3-1-4-13/h6-7,9,11-14H,1-5,8,10H2,(H,23,25). The van der Waals surface area contributed by atoms with Gasteiger partial charge < -0.3 is 10.2 Å². The maximum Gasteiger partial charge on any atom is 0.270 e. The second-order valence-electron chi connectivity index (χ2n) is 6.78. The van der Waals surface area contributed by atoms with Gasteiger partial charge in [-0.05, 0) is 31.7 Å². The normalized spacial score (nSPS) is 20.8. The number of carbonyl (C=O) groups is 1. The number of nitrogens with zero attached hydrogens (tertiary/aromatic N) is 5. The molecule has 1 N–H and O–H groups in total. The zero-order valence-corrected chi connectivity index (χ0v) is 14.1. The van der Waals surface area contributed by atoms with Crippen LogP contribution in [0.4, 0.5) is 5.82 Å². The third-order valence-electron chi connectivity index (χ3n) is 5.09. The van der Waals surface area contributed by atoms with E-state index < -0.39 is 0 Å². The Kier molecular flexibility index (Phi) is 4.54. The molecule has 1 aliphatic heterocycles. The molecule has 130 valence electrons. The summed E-state index contributed by atoms with van der Waals surface area (Å²) in [5, 5.41) is 3.08. The SMILES string of the molecule is O=C(NC1CCCN(c2cc(C3CCC3)ncn2)C1)c1ccncn1. The molecule has 0 bridgehead atoms. The number of carbonyl (C=O) groups excluding carboxylic acids is 1. The van der Waals surface area contributed by atoms with Gasteiger partial charge >= 0.3 is 0 Å². The van der Waals surface area contributed by atoms with Crippen molar-refractivity contribution < 1.29 is 4.79 Å². The summed E-state index contributed by atoms with van der Waals surface area (Å²) in [6, 6.07) is 3.85. The summed E-state index contributed by atoms with van der Waals surface area (Å²) in [6.07, 6.45) is 10.4. The predicted octanol–water partition coefficient (Wildman–Crippen LogP) is 1.93. The maximum absolute atomic E-state index is 12.3. The third kappa shape index (κ3) is 3.60. The smallest absolute Gasteiger partial charge is 0.270 e. The van der Waals surface area contributed by atoms with Gasteiger partial charge in [0, 0.05) is 43.0 Å². The number of hydrogen-bond acceptors (Lipinski definition) is 6. The van der Waals surface area contributed by atoms with Gasteiger partial charge in [-0.1, -0.05) is 6.42 Å². The summed E-state index contributed by atoms with van der Waals surface area (Å²) in [5.74, 6) is 1.42. The molecule has 25 heavy (non-hydrogen) atoms. The molecule has 1 amide bonds. The van der Waals surface area contributed by atoms with Crippen LogP contribution >= 0.6 is 0 Å². The average molecular weight is 338 g/mol. The van der Waals surface area contributed by atoms with Crippen LogP contribution in [-0.4, -0.2) is 45.0 Å². The second-order valence-corrected chi connectivity index (χ2v) is 6.78. The predicted molar refractivity (Wildman–Crippen MR) is 93.4 cm³/mol. The molecule has 1 unspecified atom stereocenters. The van der Waals surface area contributed by atoms with Gasteiger partial charge in [0.25, 0.3) is 5.91 Å². The Morgan fingerprint density at radius 2 is 2.04 bits per heavy atom. The molecule has 2 aliphatic rings. The van der Waals surface area contributed by atoms with E-state index in [0.717, 1.165) is 37.4 Å².